The fourth-order valence-corrected chi connectivity index (χ4v) is 3.96. The van der Waals surface area contributed by atoms with Gasteiger partial charge in [0, 0.05) is 15.6 Å². The Morgan fingerprint density at radius 1 is 1.26 bits per heavy atom. The molecule has 0 aliphatic rings. The van der Waals surface area contributed by atoms with Crippen LogP contribution in [0.4, 0.5) is 13.2 Å². The number of esters is 1. The Hall–Kier alpha value is -2.19. The molecule has 0 aliphatic heterocycles. The van der Waals surface area contributed by atoms with Gasteiger partial charge < -0.3 is 13.9 Å². The normalized spacial score (nSPS) is 11.8. The Kier molecular flexibility index (Phi) is 5.39. The summed E-state index contributed by atoms with van der Waals surface area (Å²) in [6, 6.07) is 4.22. The second kappa shape index (κ2) is 7.44. The Labute approximate surface area is 161 Å². The molecule has 0 amide bonds. The molecule has 9 heteroatoms. The largest absolute Gasteiger partial charge is 0.489 e. The predicted octanol–water partition coefficient (Wildman–Crippen LogP) is 5.77. The van der Waals surface area contributed by atoms with E-state index >= 15 is 0 Å². The summed E-state index contributed by atoms with van der Waals surface area (Å²) in [6.07, 6.45) is -4.44. The van der Waals surface area contributed by atoms with Crippen molar-refractivity contribution in [1.29, 1.82) is 0 Å². The highest BCUT2D eigenvalue weighted by molar-refractivity contribution is 7.17. The molecule has 0 radical (unpaired) electrons. The summed E-state index contributed by atoms with van der Waals surface area (Å²) in [6.45, 7) is 1.36. The number of furan rings is 1. The van der Waals surface area contributed by atoms with Crippen molar-refractivity contribution in [2.45, 2.75) is 26.1 Å². The molecule has 4 nitrogen and oxygen atoms in total. The van der Waals surface area contributed by atoms with Crippen molar-refractivity contribution in [3.8, 4) is 5.75 Å². The molecule has 144 valence electrons. The van der Waals surface area contributed by atoms with Crippen molar-refractivity contribution in [3.63, 3.8) is 0 Å². The quantitative estimate of drug-likeness (QED) is 0.493. The van der Waals surface area contributed by atoms with Crippen LogP contribution in [0.5, 0.6) is 5.75 Å². The molecule has 0 N–H and O–H groups in total. The van der Waals surface area contributed by atoms with E-state index in [9.17, 15) is 18.0 Å². The fraction of sp³-hybridized carbons (Fsp3) is 0.278. The highest BCUT2D eigenvalue weighted by Gasteiger charge is 2.35. The molecule has 0 saturated carbocycles. The van der Waals surface area contributed by atoms with E-state index in [1.165, 1.54) is 25.4 Å². The van der Waals surface area contributed by atoms with Crippen LogP contribution in [0.2, 0.25) is 5.02 Å². The van der Waals surface area contributed by atoms with Gasteiger partial charge in [0.2, 0.25) is 5.76 Å². The van der Waals surface area contributed by atoms with Gasteiger partial charge in [-0.3, -0.25) is 4.79 Å². The molecule has 0 fully saturated rings. The lowest BCUT2D eigenvalue weighted by Crippen LogP contribution is -2.03. The van der Waals surface area contributed by atoms with Gasteiger partial charge in [-0.25, -0.2) is 0 Å². The first-order chi connectivity index (χ1) is 12.7. The van der Waals surface area contributed by atoms with E-state index in [1.807, 2.05) is 5.38 Å². The third kappa shape index (κ3) is 4.22. The first-order valence-corrected chi connectivity index (χ1v) is 9.00. The fourth-order valence-electron chi connectivity index (χ4n) is 2.56. The van der Waals surface area contributed by atoms with E-state index in [-0.39, 0.29) is 24.8 Å². The number of carbonyl (C=O) groups is 1. The molecule has 1 aromatic carbocycles. The number of benzene rings is 1. The van der Waals surface area contributed by atoms with E-state index in [1.54, 1.807) is 12.1 Å². The number of halogens is 4. The van der Waals surface area contributed by atoms with Crippen LogP contribution in [0.1, 0.15) is 22.6 Å². The minimum absolute atomic E-state index is 0.0896. The molecule has 3 rings (SSSR count). The van der Waals surface area contributed by atoms with Gasteiger partial charge >= 0.3 is 12.1 Å². The van der Waals surface area contributed by atoms with Gasteiger partial charge in [-0.05, 0) is 36.1 Å². The van der Waals surface area contributed by atoms with E-state index in [0.29, 0.717) is 16.3 Å². The summed E-state index contributed by atoms with van der Waals surface area (Å²) in [5.74, 6) is -0.876. The molecule has 2 heterocycles. The lowest BCUT2D eigenvalue weighted by molar-refractivity contribution is -0.153. The standard InChI is InChI=1S/C18H14ClF3O4S/c1-9-10(3-15(26-9)18(20,21)22)7-25-12-5-13(19)17-11(4-16(23)24-2)8-27-14(17)6-12/h3,5-6,8H,4,7H2,1-2H3. The van der Waals surface area contributed by atoms with Crippen LogP contribution in [0.15, 0.2) is 28.0 Å². The van der Waals surface area contributed by atoms with Gasteiger partial charge in [-0.1, -0.05) is 11.6 Å². The summed E-state index contributed by atoms with van der Waals surface area (Å²) in [5, 5.41) is 2.94. The number of ether oxygens (including phenoxy) is 2. The van der Waals surface area contributed by atoms with E-state index in [2.05, 4.69) is 4.74 Å². The number of rotatable bonds is 5. The number of fused-ring (bicyclic) bond motifs is 1. The van der Waals surface area contributed by atoms with Gasteiger partial charge in [-0.15, -0.1) is 11.3 Å². The Morgan fingerprint density at radius 2 is 2.00 bits per heavy atom. The molecule has 0 bridgehead atoms. The maximum atomic E-state index is 12.7. The zero-order chi connectivity index (χ0) is 19.8. The molecular formula is C18H14ClF3O4S. The topological polar surface area (TPSA) is 48.7 Å². The number of hydrogen-bond acceptors (Lipinski definition) is 5. The summed E-state index contributed by atoms with van der Waals surface area (Å²) in [7, 11) is 1.31. The monoisotopic (exact) mass is 418 g/mol. The van der Waals surface area contributed by atoms with Gasteiger partial charge in [0.1, 0.15) is 18.1 Å². The number of thiophene rings is 1. The van der Waals surface area contributed by atoms with Gasteiger partial charge in [-0.2, -0.15) is 13.2 Å². The summed E-state index contributed by atoms with van der Waals surface area (Å²) < 4.78 is 53.9. The average molecular weight is 419 g/mol. The third-order valence-electron chi connectivity index (χ3n) is 3.93. The van der Waals surface area contributed by atoms with Crippen molar-refractivity contribution in [2.75, 3.05) is 7.11 Å². The molecule has 27 heavy (non-hydrogen) atoms. The highest BCUT2D eigenvalue weighted by atomic mass is 35.5. The Bertz CT molecular complexity index is 991. The minimum atomic E-state index is -4.54. The molecule has 0 aliphatic carbocycles. The highest BCUT2D eigenvalue weighted by Crippen LogP contribution is 2.37. The van der Waals surface area contributed by atoms with Gasteiger partial charge in [0.25, 0.3) is 0 Å². The van der Waals surface area contributed by atoms with Crippen molar-refractivity contribution in [1.82, 2.24) is 0 Å². The van der Waals surface area contributed by atoms with Crippen LogP contribution in [-0.4, -0.2) is 13.1 Å². The zero-order valence-electron chi connectivity index (χ0n) is 14.3. The zero-order valence-corrected chi connectivity index (χ0v) is 15.8. The van der Waals surface area contributed by atoms with E-state index in [4.69, 9.17) is 20.8 Å². The van der Waals surface area contributed by atoms with Crippen molar-refractivity contribution in [3.05, 3.63) is 51.2 Å². The molecular weight excluding hydrogens is 405 g/mol. The molecule has 2 aromatic heterocycles. The average Bonchev–Trinajstić information content (AvgIpc) is 3.16. The molecule has 0 spiro atoms. The van der Waals surface area contributed by atoms with Crippen molar-refractivity contribution in [2.24, 2.45) is 0 Å². The van der Waals surface area contributed by atoms with Crippen LogP contribution in [0.25, 0.3) is 10.1 Å². The van der Waals surface area contributed by atoms with Crippen LogP contribution in [0.3, 0.4) is 0 Å². The molecule has 0 atom stereocenters. The van der Waals surface area contributed by atoms with Crippen molar-refractivity contribution < 1.29 is 31.9 Å². The number of carbonyl (C=O) groups excluding carboxylic acids is 1. The Morgan fingerprint density at radius 3 is 2.63 bits per heavy atom. The molecule has 0 saturated heterocycles. The first kappa shape index (κ1) is 19.6. The minimum Gasteiger partial charge on any atom is -0.489 e. The van der Waals surface area contributed by atoms with Crippen LogP contribution in [-0.2, 0) is 28.7 Å². The van der Waals surface area contributed by atoms with Crippen LogP contribution in [0, 0.1) is 6.92 Å². The van der Waals surface area contributed by atoms with Crippen LogP contribution >= 0.6 is 22.9 Å². The molecule has 0 unspecified atom stereocenters. The second-order valence-electron chi connectivity index (χ2n) is 5.77. The summed E-state index contributed by atoms with van der Waals surface area (Å²) in [5.41, 5.74) is 1.05. The van der Waals surface area contributed by atoms with E-state index < -0.39 is 11.9 Å². The van der Waals surface area contributed by atoms with E-state index in [0.717, 1.165) is 21.7 Å². The first-order valence-electron chi connectivity index (χ1n) is 7.74. The number of methoxy groups -OCH3 is 1. The maximum Gasteiger partial charge on any atom is 0.449 e. The SMILES string of the molecule is COC(=O)Cc1csc2cc(OCc3cc(C(F)(F)F)oc3C)cc(Cl)c12. The van der Waals surface area contributed by atoms with Gasteiger partial charge in [0.05, 0.1) is 18.6 Å². The molecule has 3 aromatic rings. The lowest BCUT2D eigenvalue weighted by Gasteiger charge is -2.07. The maximum absolute atomic E-state index is 12.7. The smallest absolute Gasteiger partial charge is 0.449 e. The number of aryl methyl sites for hydroxylation is 1. The third-order valence-corrected chi connectivity index (χ3v) is 5.21. The Balaban J connectivity index is 1.81. The number of hydrogen-bond donors (Lipinski definition) is 0. The van der Waals surface area contributed by atoms with Gasteiger partial charge in [0.15, 0.2) is 0 Å². The van der Waals surface area contributed by atoms with Crippen molar-refractivity contribution >= 4 is 39.0 Å². The second-order valence-corrected chi connectivity index (χ2v) is 7.09. The predicted molar refractivity (Wildman–Crippen MR) is 95.3 cm³/mol. The summed E-state index contributed by atoms with van der Waals surface area (Å²) >= 11 is 7.71. The lowest BCUT2D eigenvalue weighted by atomic mass is 10.1. The van der Waals surface area contributed by atoms with Crippen LogP contribution < -0.4 is 4.74 Å². The summed E-state index contributed by atoms with van der Waals surface area (Å²) in [4.78, 5) is 11.5. The number of alkyl halides is 3.